The summed E-state index contributed by atoms with van der Waals surface area (Å²) in [7, 11) is 1.92. The second-order valence-electron chi connectivity index (χ2n) is 5.10. The van der Waals surface area contributed by atoms with E-state index in [2.05, 4.69) is 51.2 Å². The maximum Gasteiger partial charge on any atom is 0.163 e. The molecule has 0 aliphatic rings. The summed E-state index contributed by atoms with van der Waals surface area (Å²) < 4.78 is 1.81. The summed E-state index contributed by atoms with van der Waals surface area (Å²) in [6.45, 7) is 5.86. The lowest BCUT2D eigenvalue weighted by molar-refractivity contribution is 0.772. The van der Waals surface area contributed by atoms with Crippen molar-refractivity contribution in [2.24, 2.45) is 7.05 Å². The summed E-state index contributed by atoms with van der Waals surface area (Å²) >= 11 is 0. The molecule has 0 atom stereocenters. The zero-order chi connectivity index (χ0) is 14.8. The fourth-order valence-corrected chi connectivity index (χ4v) is 2.64. The van der Waals surface area contributed by atoms with Crippen LogP contribution in [-0.4, -0.2) is 26.3 Å². The van der Waals surface area contributed by atoms with E-state index in [-0.39, 0.29) is 0 Å². The van der Waals surface area contributed by atoms with Crippen LogP contribution in [0.3, 0.4) is 0 Å². The normalized spacial score (nSPS) is 11.0. The molecule has 0 unspecified atom stereocenters. The van der Waals surface area contributed by atoms with Gasteiger partial charge in [0.25, 0.3) is 0 Å². The third kappa shape index (κ3) is 2.46. The zero-order valence-corrected chi connectivity index (χ0v) is 12.6. The van der Waals surface area contributed by atoms with Crippen molar-refractivity contribution in [1.29, 1.82) is 0 Å². The van der Waals surface area contributed by atoms with E-state index in [1.807, 2.05) is 24.7 Å². The molecule has 3 rings (SSSR count). The Balaban J connectivity index is 2.05. The van der Waals surface area contributed by atoms with E-state index in [4.69, 9.17) is 0 Å². The number of hydrogen-bond acceptors (Lipinski definition) is 4. The molecule has 2 aromatic heterocycles. The van der Waals surface area contributed by atoms with Gasteiger partial charge in [0.15, 0.2) is 5.65 Å². The van der Waals surface area contributed by atoms with Crippen molar-refractivity contribution in [2.75, 3.05) is 11.4 Å². The molecule has 0 aliphatic heterocycles. The van der Waals surface area contributed by atoms with Crippen LogP contribution in [0.2, 0.25) is 0 Å². The summed E-state index contributed by atoms with van der Waals surface area (Å²) in [5.74, 6) is 0.956. The molecule has 5 heteroatoms. The minimum absolute atomic E-state index is 0.831. The van der Waals surface area contributed by atoms with Gasteiger partial charge in [-0.15, -0.1) is 0 Å². The van der Waals surface area contributed by atoms with Crippen LogP contribution in [0, 0.1) is 6.92 Å². The molecule has 0 fully saturated rings. The second kappa shape index (κ2) is 5.52. The highest BCUT2D eigenvalue weighted by molar-refractivity contribution is 5.89. The van der Waals surface area contributed by atoms with Gasteiger partial charge in [0, 0.05) is 20.1 Å². The maximum absolute atomic E-state index is 4.51. The lowest BCUT2D eigenvalue weighted by atomic mass is 10.2. The molecular weight excluding hydrogens is 262 g/mol. The Labute approximate surface area is 124 Å². The number of benzene rings is 1. The summed E-state index contributed by atoms with van der Waals surface area (Å²) in [6, 6.07) is 10.4. The highest BCUT2D eigenvalue weighted by atomic mass is 15.3. The average Bonchev–Trinajstić information content (AvgIpc) is 2.81. The van der Waals surface area contributed by atoms with Crippen LogP contribution in [0.1, 0.15) is 18.2 Å². The minimum atomic E-state index is 0.831. The molecule has 5 nitrogen and oxygen atoms in total. The first-order chi connectivity index (χ1) is 10.2. The summed E-state index contributed by atoms with van der Waals surface area (Å²) in [6.07, 6.45) is 1.62. The van der Waals surface area contributed by atoms with E-state index in [0.717, 1.165) is 35.6 Å². The highest BCUT2D eigenvalue weighted by Gasteiger charge is 2.16. The van der Waals surface area contributed by atoms with Crippen molar-refractivity contribution in [2.45, 2.75) is 20.4 Å². The quantitative estimate of drug-likeness (QED) is 0.737. The number of nitrogens with zero attached hydrogens (tertiary/aromatic N) is 5. The molecule has 0 radical (unpaired) electrons. The van der Waals surface area contributed by atoms with Crippen molar-refractivity contribution < 1.29 is 0 Å². The fraction of sp³-hybridized carbons (Fsp3) is 0.312. The molecule has 0 amide bonds. The van der Waals surface area contributed by atoms with Gasteiger partial charge in [-0.25, -0.2) is 9.97 Å². The first kappa shape index (κ1) is 13.5. The van der Waals surface area contributed by atoms with Crippen molar-refractivity contribution in [3.63, 3.8) is 0 Å². The van der Waals surface area contributed by atoms with E-state index in [1.165, 1.54) is 5.56 Å². The minimum Gasteiger partial charge on any atom is -0.352 e. The molecule has 0 N–H and O–H groups in total. The largest absolute Gasteiger partial charge is 0.352 e. The van der Waals surface area contributed by atoms with E-state index in [1.54, 1.807) is 6.33 Å². The van der Waals surface area contributed by atoms with Crippen molar-refractivity contribution in [3.8, 4) is 0 Å². The van der Waals surface area contributed by atoms with E-state index < -0.39 is 0 Å². The van der Waals surface area contributed by atoms with E-state index in [0.29, 0.717) is 0 Å². The molecule has 1 aromatic carbocycles. The third-order valence-corrected chi connectivity index (χ3v) is 3.67. The van der Waals surface area contributed by atoms with Crippen LogP contribution in [0.4, 0.5) is 5.82 Å². The molecule has 0 spiro atoms. The summed E-state index contributed by atoms with van der Waals surface area (Å²) in [5, 5.41) is 5.50. The molecule has 21 heavy (non-hydrogen) atoms. The van der Waals surface area contributed by atoms with E-state index in [9.17, 15) is 0 Å². The number of rotatable bonds is 4. The predicted octanol–water partition coefficient (Wildman–Crippen LogP) is 2.70. The Morgan fingerprint density at radius 2 is 1.90 bits per heavy atom. The van der Waals surface area contributed by atoms with Crippen LogP contribution in [0.15, 0.2) is 36.7 Å². The fourth-order valence-electron chi connectivity index (χ4n) is 2.64. The van der Waals surface area contributed by atoms with Crippen LogP contribution in [0.25, 0.3) is 11.0 Å². The highest BCUT2D eigenvalue weighted by Crippen LogP contribution is 2.26. The third-order valence-electron chi connectivity index (χ3n) is 3.67. The van der Waals surface area contributed by atoms with Gasteiger partial charge in [-0.2, -0.15) is 5.10 Å². The topological polar surface area (TPSA) is 46.8 Å². The van der Waals surface area contributed by atoms with Gasteiger partial charge < -0.3 is 4.90 Å². The van der Waals surface area contributed by atoms with Gasteiger partial charge in [-0.05, 0) is 19.4 Å². The molecular formula is C16H19N5. The smallest absolute Gasteiger partial charge is 0.163 e. The Morgan fingerprint density at radius 3 is 2.62 bits per heavy atom. The first-order valence-electron chi connectivity index (χ1n) is 7.14. The first-order valence-corrected chi connectivity index (χ1v) is 7.14. The van der Waals surface area contributed by atoms with Gasteiger partial charge in [-0.3, -0.25) is 4.68 Å². The lowest BCUT2D eigenvalue weighted by Crippen LogP contribution is -2.23. The second-order valence-corrected chi connectivity index (χ2v) is 5.10. The number of anilines is 1. The number of aryl methyl sites for hydroxylation is 2. The van der Waals surface area contributed by atoms with Gasteiger partial charge in [-0.1, -0.05) is 30.3 Å². The molecule has 0 aliphatic carbocycles. The Kier molecular flexibility index (Phi) is 3.56. The standard InChI is InChI=1S/C16H19N5/c1-4-21(10-13-8-6-5-7-9-13)16-14-12(2)19-20(3)15(14)17-11-18-16/h5-9,11H,4,10H2,1-3H3. The average molecular weight is 281 g/mol. The van der Waals surface area contributed by atoms with Gasteiger partial charge >= 0.3 is 0 Å². The molecule has 0 bridgehead atoms. The number of aromatic nitrogens is 4. The monoisotopic (exact) mass is 281 g/mol. The Bertz CT molecular complexity index is 748. The van der Waals surface area contributed by atoms with Crippen molar-refractivity contribution >= 4 is 16.9 Å². The van der Waals surface area contributed by atoms with Gasteiger partial charge in [0.2, 0.25) is 0 Å². The van der Waals surface area contributed by atoms with E-state index >= 15 is 0 Å². The van der Waals surface area contributed by atoms with Crippen LogP contribution < -0.4 is 4.90 Å². The van der Waals surface area contributed by atoms with Gasteiger partial charge in [0.05, 0.1) is 11.1 Å². The van der Waals surface area contributed by atoms with Crippen molar-refractivity contribution in [3.05, 3.63) is 47.9 Å². The summed E-state index contributed by atoms with van der Waals surface area (Å²) in [5.41, 5.74) is 3.12. The number of hydrogen-bond donors (Lipinski definition) is 0. The van der Waals surface area contributed by atoms with Crippen LogP contribution in [-0.2, 0) is 13.6 Å². The maximum atomic E-state index is 4.51. The lowest BCUT2D eigenvalue weighted by Gasteiger charge is -2.22. The molecule has 2 heterocycles. The molecule has 0 saturated heterocycles. The Morgan fingerprint density at radius 1 is 1.14 bits per heavy atom. The van der Waals surface area contributed by atoms with Crippen LogP contribution >= 0.6 is 0 Å². The zero-order valence-electron chi connectivity index (χ0n) is 12.6. The molecule has 3 aromatic rings. The van der Waals surface area contributed by atoms with Crippen molar-refractivity contribution in [1.82, 2.24) is 19.7 Å². The molecule has 108 valence electrons. The number of fused-ring (bicyclic) bond motifs is 1. The predicted molar refractivity (Wildman–Crippen MR) is 84.2 cm³/mol. The van der Waals surface area contributed by atoms with Crippen LogP contribution in [0.5, 0.6) is 0 Å². The molecule has 0 saturated carbocycles. The van der Waals surface area contributed by atoms with Gasteiger partial charge in [0.1, 0.15) is 12.1 Å². The SMILES string of the molecule is CCN(Cc1ccccc1)c1ncnc2c1c(C)nn2C. The Hall–Kier alpha value is -2.43. The summed E-state index contributed by atoms with van der Waals surface area (Å²) in [4.78, 5) is 11.1.